The highest BCUT2D eigenvalue weighted by atomic mass is 32.2. The number of primary amides is 1. The summed E-state index contributed by atoms with van der Waals surface area (Å²) in [6.45, 7) is 5.79. The van der Waals surface area contributed by atoms with Crippen molar-refractivity contribution in [3.8, 4) is 5.75 Å². The number of nitrogens with two attached hydrogens (primary N) is 2. The highest BCUT2D eigenvalue weighted by Gasteiger charge is 2.25. The van der Waals surface area contributed by atoms with Crippen LogP contribution in [0.25, 0.3) is 0 Å². The maximum Gasteiger partial charge on any atom is 0.261 e. The molecule has 0 saturated carbocycles. The third-order valence-electron chi connectivity index (χ3n) is 2.97. The van der Waals surface area contributed by atoms with Crippen LogP contribution in [0.5, 0.6) is 5.75 Å². The highest BCUT2D eigenvalue weighted by Crippen LogP contribution is 2.45. The molecule has 4 N–H and O–H groups in total. The summed E-state index contributed by atoms with van der Waals surface area (Å²) >= 11 is 3.29. The molecular formula is C13H21N3O2S2. The van der Waals surface area contributed by atoms with E-state index in [-0.39, 0.29) is 6.10 Å². The quantitative estimate of drug-likeness (QED) is 0.890. The van der Waals surface area contributed by atoms with Gasteiger partial charge >= 0.3 is 0 Å². The van der Waals surface area contributed by atoms with Crippen LogP contribution in [-0.4, -0.2) is 36.6 Å². The van der Waals surface area contributed by atoms with Crippen molar-refractivity contribution in [3.63, 3.8) is 0 Å². The molecule has 1 aliphatic heterocycles. The first-order chi connectivity index (χ1) is 9.50. The number of thiophene rings is 1. The monoisotopic (exact) mass is 315 g/mol. The van der Waals surface area contributed by atoms with Gasteiger partial charge in [-0.05, 0) is 26.0 Å². The molecule has 0 unspecified atom stereocenters. The summed E-state index contributed by atoms with van der Waals surface area (Å²) < 4.78 is 5.83. The Kier molecular flexibility index (Phi) is 5.04. The second-order valence-electron chi connectivity index (χ2n) is 4.96. The number of amides is 1. The molecule has 20 heavy (non-hydrogen) atoms. The SMILES string of the molecule is CC(C)Oc1c(N2CCCSCC2)sc(C(N)=O)c1N. The largest absolute Gasteiger partial charge is 0.486 e. The molecule has 5 nitrogen and oxygen atoms in total. The maximum atomic E-state index is 11.5. The summed E-state index contributed by atoms with van der Waals surface area (Å²) in [6, 6.07) is 0. The van der Waals surface area contributed by atoms with Crippen molar-refractivity contribution in [2.75, 3.05) is 35.2 Å². The van der Waals surface area contributed by atoms with Crippen LogP contribution in [0.3, 0.4) is 0 Å². The van der Waals surface area contributed by atoms with Crippen molar-refractivity contribution < 1.29 is 9.53 Å². The molecule has 1 fully saturated rings. The van der Waals surface area contributed by atoms with Gasteiger partial charge in [-0.2, -0.15) is 11.8 Å². The molecule has 1 aromatic rings. The van der Waals surface area contributed by atoms with E-state index in [1.807, 2.05) is 25.6 Å². The van der Waals surface area contributed by atoms with Gasteiger partial charge < -0.3 is 21.1 Å². The number of rotatable bonds is 4. The minimum absolute atomic E-state index is 0.00716. The number of thioether (sulfide) groups is 1. The molecule has 1 aliphatic rings. The number of carbonyl (C=O) groups excluding carboxylic acids is 1. The Morgan fingerprint density at radius 2 is 2.10 bits per heavy atom. The number of hydrogen-bond acceptors (Lipinski definition) is 6. The Labute approximate surface area is 127 Å². The smallest absolute Gasteiger partial charge is 0.261 e. The Morgan fingerprint density at radius 1 is 1.35 bits per heavy atom. The molecule has 0 aromatic carbocycles. The van der Waals surface area contributed by atoms with E-state index in [0.29, 0.717) is 16.3 Å². The van der Waals surface area contributed by atoms with Gasteiger partial charge in [0.05, 0.1) is 6.10 Å². The van der Waals surface area contributed by atoms with Crippen molar-refractivity contribution in [2.45, 2.75) is 26.4 Å². The fourth-order valence-electron chi connectivity index (χ4n) is 2.11. The van der Waals surface area contributed by atoms with E-state index in [1.165, 1.54) is 17.1 Å². The molecule has 1 saturated heterocycles. The fourth-order valence-corrected chi connectivity index (χ4v) is 4.05. The molecule has 0 spiro atoms. The lowest BCUT2D eigenvalue weighted by Gasteiger charge is -2.22. The number of nitrogen functional groups attached to an aromatic ring is 1. The summed E-state index contributed by atoms with van der Waals surface area (Å²) in [6.07, 6.45) is 1.13. The van der Waals surface area contributed by atoms with Crippen molar-refractivity contribution >= 4 is 39.7 Å². The van der Waals surface area contributed by atoms with Gasteiger partial charge in [-0.1, -0.05) is 0 Å². The molecule has 1 aromatic heterocycles. The van der Waals surface area contributed by atoms with Crippen LogP contribution in [0.4, 0.5) is 10.7 Å². The highest BCUT2D eigenvalue weighted by molar-refractivity contribution is 7.99. The van der Waals surface area contributed by atoms with Crippen molar-refractivity contribution in [1.82, 2.24) is 0 Å². The molecule has 112 valence electrons. The lowest BCUT2D eigenvalue weighted by molar-refractivity contribution is 0.100. The van der Waals surface area contributed by atoms with Gasteiger partial charge in [0.2, 0.25) is 0 Å². The van der Waals surface area contributed by atoms with Crippen molar-refractivity contribution in [1.29, 1.82) is 0 Å². The van der Waals surface area contributed by atoms with E-state index < -0.39 is 5.91 Å². The zero-order valence-corrected chi connectivity index (χ0v) is 13.5. The predicted molar refractivity (Wildman–Crippen MR) is 87.2 cm³/mol. The molecule has 0 radical (unpaired) electrons. The molecule has 1 amide bonds. The molecular weight excluding hydrogens is 294 g/mol. The van der Waals surface area contributed by atoms with E-state index >= 15 is 0 Å². The van der Waals surface area contributed by atoms with Gasteiger partial charge in [0.25, 0.3) is 5.91 Å². The summed E-state index contributed by atoms with van der Waals surface area (Å²) in [5.74, 6) is 2.37. The van der Waals surface area contributed by atoms with Gasteiger partial charge in [-0.3, -0.25) is 4.79 Å². The third-order valence-corrected chi connectivity index (χ3v) is 5.28. The predicted octanol–water partition coefficient (Wildman–Crippen LogP) is 2.16. The van der Waals surface area contributed by atoms with E-state index in [0.717, 1.165) is 30.3 Å². The molecule has 0 atom stereocenters. The Morgan fingerprint density at radius 3 is 2.75 bits per heavy atom. The number of nitrogens with zero attached hydrogens (tertiary/aromatic N) is 1. The standard InChI is InChI=1S/C13H21N3O2S2/c1-8(2)18-10-9(14)11(12(15)17)20-13(10)16-4-3-6-19-7-5-16/h8H,3-7,14H2,1-2H3,(H2,15,17). The fraction of sp³-hybridized carbons (Fsp3) is 0.615. The molecule has 2 rings (SSSR count). The topological polar surface area (TPSA) is 81.6 Å². The summed E-state index contributed by atoms with van der Waals surface area (Å²) in [7, 11) is 0. The second-order valence-corrected chi connectivity index (χ2v) is 7.19. The lowest BCUT2D eigenvalue weighted by Crippen LogP contribution is -2.25. The van der Waals surface area contributed by atoms with Gasteiger partial charge in [0, 0.05) is 18.8 Å². The van der Waals surface area contributed by atoms with Crippen molar-refractivity contribution in [2.24, 2.45) is 5.73 Å². The number of hydrogen-bond donors (Lipinski definition) is 2. The lowest BCUT2D eigenvalue weighted by atomic mass is 10.3. The molecule has 7 heteroatoms. The molecule has 0 bridgehead atoms. The number of anilines is 2. The van der Waals surface area contributed by atoms with Gasteiger partial charge in [0.15, 0.2) is 5.75 Å². The van der Waals surface area contributed by atoms with Gasteiger partial charge in [-0.15, -0.1) is 11.3 Å². The van der Waals surface area contributed by atoms with Crippen LogP contribution in [0.15, 0.2) is 0 Å². The summed E-state index contributed by atoms with van der Waals surface area (Å²) in [5, 5.41) is 0.938. The van der Waals surface area contributed by atoms with Crippen LogP contribution in [0, 0.1) is 0 Å². The summed E-state index contributed by atoms with van der Waals surface area (Å²) in [4.78, 5) is 14.1. The van der Waals surface area contributed by atoms with E-state index in [1.54, 1.807) is 0 Å². The third kappa shape index (κ3) is 3.32. The van der Waals surface area contributed by atoms with Gasteiger partial charge in [0.1, 0.15) is 15.6 Å². The normalized spacial score (nSPS) is 16.2. The van der Waals surface area contributed by atoms with Crippen LogP contribution >= 0.6 is 23.1 Å². The number of ether oxygens (including phenoxy) is 1. The molecule has 2 heterocycles. The first-order valence-electron chi connectivity index (χ1n) is 6.72. The molecule has 0 aliphatic carbocycles. The van der Waals surface area contributed by atoms with Crippen molar-refractivity contribution in [3.05, 3.63) is 4.88 Å². The van der Waals surface area contributed by atoms with E-state index in [2.05, 4.69) is 4.90 Å². The Balaban J connectivity index is 2.38. The zero-order chi connectivity index (χ0) is 14.7. The number of carbonyl (C=O) groups is 1. The Hall–Kier alpha value is -1.08. The van der Waals surface area contributed by atoms with E-state index in [9.17, 15) is 4.79 Å². The maximum absolute atomic E-state index is 11.5. The minimum atomic E-state index is -0.489. The second kappa shape index (κ2) is 6.58. The van der Waals surface area contributed by atoms with E-state index in [4.69, 9.17) is 16.2 Å². The minimum Gasteiger partial charge on any atom is -0.486 e. The zero-order valence-electron chi connectivity index (χ0n) is 11.8. The first-order valence-corrected chi connectivity index (χ1v) is 8.69. The van der Waals surface area contributed by atoms with Crippen LogP contribution in [0.1, 0.15) is 29.9 Å². The van der Waals surface area contributed by atoms with Crippen LogP contribution in [0.2, 0.25) is 0 Å². The Bertz CT molecular complexity index is 480. The average molecular weight is 315 g/mol. The first kappa shape index (κ1) is 15.3. The van der Waals surface area contributed by atoms with Crippen LogP contribution in [-0.2, 0) is 0 Å². The summed E-state index contributed by atoms with van der Waals surface area (Å²) in [5.41, 5.74) is 11.8. The average Bonchev–Trinajstić information content (AvgIpc) is 2.57. The van der Waals surface area contributed by atoms with Gasteiger partial charge in [-0.25, -0.2) is 0 Å². The van der Waals surface area contributed by atoms with Crippen LogP contribution < -0.4 is 21.1 Å².